The van der Waals surface area contributed by atoms with Gasteiger partial charge in [-0.05, 0) is 68.1 Å². The number of hydrogen-bond donors (Lipinski definition) is 1. The van der Waals surface area contributed by atoms with Gasteiger partial charge in [0.15, 0.2) is 0 Å². The van der Waals surface area contributed by atoms with Gasteiger partial charge >= 0.3 is 0 Å². The highest BCUT2D eigenvalue weighted by molar-refractivity contribution is 5.01. The Bertz CT molecular complexity index is 210. The van der Waals surface area contributed by atoms with E-state index >= 15 is 0 Å². The Labute approximate surface area is 93.8 Å². The minimum Gasteiger partial charge on any atom is -0.355 e. The van der Waals surface area contributed by atoms with Gasteiger partial charge < -0.3 is 5.73 Å². The maximum absolute atomic E-state index is 4.33. The van der Waals surface area contributed by atoms with Gasteiger partial charge in [-0.25, -0.2) is 0 Å². The Hall–Kier alpha value is -0.0400. The molecule has 0 heterocycles. The van der Waals surface area contributed by atoms with Crippen molar-refractivity contribution in [1.82, 2.24) is 0 Å². The Morgan fingerprint density at radius 1 is 1.07 bits per heavy atom. The van der Waals surface area contributed by atoms with E-state index in [0.717, 1.165) is 29.2 Å². The molecule has 4 saturated carbocycles. The predicted molar refractivity (Wildman–Crippen MR) is 62.2 cm³/mol. The van der Waals surface area contributed by atoms with Crippen molar-refractivity contribution in [3.05, 3.63) is 0 Å². The minimum atomic E-state index is 0.723. The minimum absolute atomic E-state index is 0.723. The van der Waals surface area contributed by atoms with E-state index in [-0.39, 0.29) is 0 Å². The van der Waals surface area contributed by atoms with Crippen LogP contribution >= 0.6 is 0 Å². The third kappa shape index (κ3) is 1.73. The van der Waals surface area contributed by atoms with Gasteiger partial charge in [0, 0.05) is 6.42 Å². The largest absolute Gasteiger partial charge is 0.355 e. The predicted octanol–water partition coefficient (Wildman–Crippen LogP) is 2.61. The lowest BCUT2D eigenvalue weighted by atomic mass is 9.48. The first kappa shape index (κ1) is 10.1. The SMILES string of the molecule is CC[C@H]([NH3+])CC12CC3CC(CC(C3)C1)C2. The smallest absolute Gasteiger partial charge is 0.0846 e. The van der Waals surface area contributed by atoms with Crippen molar-refractivity contribution < 1.29 is 5.73 Å². The summed E-state index contributed by atoms with van der Waals surface area (Å²) < 4.78 is 0. The molecule has 4 fully saturated rings. The van der Waals surface area contributed by atoms with Gasteiger partial charge in [-0.15, -0.1) is 0 Å². The molecule has 0 radical (unpaired) electrons. The van der Waals surface area contributed by atoms with E-state index < -0.39 is 0 Å². The summed E-state index contributed by atoms with van der Waals surface area (Å²) >= 11 is 0. The van der Waals surface area contributed by atoms with Crippen LogP contribution in [0, 0.1) is 23.2 Å². The molecule has 0 aromatic heterocycles. The summed E-state index contributed by atoms with van der Waals surface area (Å²) in [5.41, 5.74) is 5.09. The van der Waals surface area contributed by atoms with Crippen LogP contribution in [0.25, 0.3) is 0 Å². The average molecular weight is 208 g/mol. The maximum atomic E-state index is 4.33. The van der Waals surface area contributed by atoms with Gasteiger partial charge in [0.05, 0.1) is 6.04 Å². The normalized spacial score (nSPS) is 49.6. The Morgan fingerprint density at radius 2 is 1.53 bits per heavy atom. The molecule has 0 amide bonds. The van der Waals surface area contributed by atoms with Crippen LogP contribution in [0.4, 0.5) is 0 Å². The molecular weight excluding hydrogens is 182 g/mol. The Balaban J connectivity index is 1.75. The fourth-order valence-electron chi connectivity index (χ4n) is 5.30. The molecule has 0 saturated heterocycles. The second kappa shape index (κ2) is 3.48. The lowest BCUT2D eigenvalue weighted by molar-refractivity contribution is -0.428. The van der Waals surface area contributed by atoms with Crippen molar-refractivity contribution in [1.29, 1.82) is 0 Å². The first-order chi connectivity index (χ1) is 7.19. The van der Waals surface area contributed by atoms with Gasteiger partial charge in [-0.2, -0.15) is 0 Å². The van der Waals surface area contributed by atoms with Crippen molar-refractivity contribution in [2.24, 2.45) is 23.2 Å². The Morgan fingerprint density at radius 3 is 1.93 bits per heavy atom. The van der Waals surface area contributed by atoms with Gasteiger partial charge in [0.25, 0.3) is 0 Å². The van der Waals surface area contributed by atoms with Crippen molar-refractivity contribution in [3.8, 4) is 0 Å². The summed E-state index contributed by atoms with van der Waals surface area (Å²) in [6.07, 6.45) is 12.1. The molecule has 1 heteroatoms. The molecule has 0 aromatic carbocycles. The van der Waals surface area contributed by atoms with E-state index in [1.165, 1.54) is 12.8 Å². The lowest BCUT2D eigenvalue weighted by Crippen LogP contribution is -2.63. The molecule has 0 spiro atoms. The molecule has 4 rings (SSSR count). The van der Waals surface area contributed by atoms with Crippen LogP contribution in [0.5, 0.6) is 0 Å². The number of quaternary nitrogens is 1. The maximum Gasteiger partial charge on any atom is 0.0846 e. The van der Waals surface area contributed by atoms with Crippen LogP contribution in [-0.4, -0.2) is 6.04 Å². The fraction of sp³-hybridized carbons (Fsp3) is 1.00. The first-order valence-corrected chi connectivity index (χ1v) is 7.02. The molecule has 86 valence electrons. The highest BCUT2D eigenvalue weighted by Crippen LogP contribution is 2.61. The standard InChI is InChI=1S/C14H25N/c1-2-13(15)9-14-6-10-3-11(7-14)5-12(4-10)8-14/h10-13H,2-9,15H2,1H3/p+1/t10?,11?,12?,13-,14?/m0/s1. The second-order valence-electron chi connectivity index (χ2n) is 6.90. The van der Waals surface area contributed by atoms with Crippen LogP contribution < -0.4 is 5.73 Å². The zero-order valence-corrected chi connectivity index (χ0v) is 10.2. The summed E-state index contributed by atoms with van der Waals surface area (Å²) in [5.74, 6) is 3.33. The third-order valence-electron chi connectivity index (χ3n) is 5.46. The Kier molecular flexibility index (Phi) is 2.35. The van der Waals surface area contributed by atoms with E-state index in [4.69, 9.17) is 0 Å². The van der Waals surface area contributed by atoms with Crippen molar-refractivity contribution in [3.63, 3.8) is 0 Å². The number of hydrogen-bond acceptors (Lipinski definition) is 0. The highest BCUT2D eigenvalue weighted by atomic mass is 14.7. The summed E-state index contributed by atoms with van der Waals surface area (Å²) in [7, 11) is 0. The molecule has 4 aliphatic rings. The molecule has 0 aromatic rings. The monoisotopic (exact) mass is 208 g/mol. The molecule has 4 aliphatic carbocycles. The summed E-state index contributed by atoms with van der Waals surface area (Å²) in [5, 5.41) is 0. The van der Waals surface area contributed by atoms with Crippen molar-refractivity contribution in [2.45, 2.75) is 64.3 Å². The highest BCUT2D eigenvalue weighted by Gasteiger charge is 2.51. The average Bonchev–Trinajstić information content (AvgIpc) is 2.14. The van der Waals surface area contributed by atoms with Crippen LogP contribution in [0.15, 0.2) is 0 Å². The van der Waals surface area contributed by atoms with E-state index in [1.54, 1.807) is 38.5 Å². The van der Waals surface area contributed by atoms with Crippen LogP contribution in [-0.2, 0) is 0 Å². The van der Waals surface area contributed by atoms with Gasteiger partial charge in [0.2, 0.25) is 0 Å². The van der Waals surface area contributed by atoms with Crippen LogP contribution in [0.2, 0.25) is 0 Å². The molecule has 15 heavy (non-hydrogen) atoms. The summed E-state index contributed by atoms with van der Waals surface area (Å²) in [6, 6.07) is 0.723. The molecule has 0 unspecified atom stereocenters. The van der Waals surface area contributed by atoms with Gasteiger partial charge in [0.1, 0.15) is 0 Å². The van der Waals surface area contributed by atoms with Crippen molar-refractivity contribution in [2.75, 3.05) is 0 Å². The zero-order valence-electron chi connectivity index (χ0n) is 10.2. The van der Waals surface area contributed by atoms with E-state index in [0.29, 0.717) is 0 Å². The quantitative estimate of drug-likeness (QED) is 0.738. The van der Waals surface area contributed by atoms with E-state index in [1.807, 2.05) is 0 Å². The molecule has 4 bridgehead atoms. The molecular formula is C14H26N+. The molecule has 3 N–H and O–H groups in total. The first-order valence-electron chi connectivity index (χ1n) is 7.02. The van der Waals surface area contributed by atoms with Crippen LogP contribution in [0.3, 0.4) is 0 Å². The zero-order chi connectivity index (χ0) is 10.5. The lowest BCUT2D eigenvalue weighted by Gasteiger charge is -2.57. The molecule has 1 atom stereocenters. The van der Waals surface area contributed by atoms with Crippen LogP contribution in [0.1, 0.15) is 58.3 Å². The second-order valence-corrected chi connectivity index (χ2v) is 6.90. The number of rotatable bonds is 3. The molecule has 0 aliphatic heterocycles. The van der Waals surface area contributed by atoms with Gasteiger partial charge in [-0.3, -0.25) is 0 Å². The van der Waals surface area contributed by atoms with Gasteiger partial charge in [-0.1, -0.05) is 6.92 Å². The molecule has 1 nitrogen and oxygen atoms in total. The van der Waals surface area contributed by atoms with Crippen molar-refractivity contribution >= 4 is 0 Å². The summed E-state index contributed by atoms with van der Waals surface area (Å²) in [4.78, 5) is 0. The third-order valence-corrected chi connectivity index (χ3v) is 5.46. The van der Waals surface area contributed by atoms with E-state index in [2.05, 4.69) is 12.7 Å². The summed E-state index contributed by atoms with van der Waals surface area (Å²) in [6.45, 7) is 2.30. The fourth-order valence-corrected chi connectivity index (χ4v) is 5.30. The van der Waals surface area contributed by atoms with E-state index in [9.17, 15) is 0 Å². The topological polar surface area (TPSA) is 27.6 Å².